The number of benzene rings is 2. The Bertz CT molecular complexity index is 741. The fraction of sp³-hybridized carbons (Fsp3) is 0.458. The molecular formula is C24H31N3O. The zero-order chi connectivity index (χ0) is 19.2. The molecule has 4 heteroatoms. The van der Waals surface area contributed by atoms with Crippen LogP contribution in [-0.4, -0.2) is 43.5 Å². The molecule has 0 aromatic heterocycles. The summed E-state index contributed by atoms with van der Waals surface area (Å²) in [6, 6.07) is 21.2. The minimum Gasteiger partial charge on any atom is -0.371 e. The highest BCUT2D eigenvalue weighted by Gasteiger charge is 2.27. The molecule has 4 rings (SSSR count). The molecule has 28 heavy (non-hydrogen) atoms. The molecule has 2 aliphatic heterocycles. The maximum Gasteiger partial charge on any atom is 0.223 e. The van der Waals surface area contributed by atoms with Crippen molar-refractivity contribution in [1.82, 2.24) is 10.2 Å². The predicted molar refractivity (Wildman–Crippen MR) is 114 cm³/mol. The normalized spacial score (nSPS) is 21.0. The molecule has 0 radical (unpaired) electrons. The largest absolute Gasteiger partial charge is 0.371 e. The number of piperidine rings is 1. The first kappa shape index (κ1) is 19.0. The number of rotatable bonds is 6. The van der Waals surface area contributed by atoms with Crippen LogP contribution in [-0.2, 0) is 11.3 Å². The predicted octanol–water partition coefficient (Wildman–Crippen LogP) is 3.54. The van der Waals surface area contributed by atoms with Crippen LogP contribution in [0.5, 0.6) is 0 Å². The molecule has 0 spiro atoms. The minimum atomic E-state index is 0.179. The minimum absolute atomic E-state index is 0.179. The number of nitrogens with zero attached hydrogens (tertiary/aromatic N) is 2. The lowest BCUT2D eigenvalue weighted by molar-refractivity contribution is -0.126. The van der Waals surface area contributed by atoms with Crippen LogP contribution >= 0.6 is 0 Å². The molecule has 0 aliphatic carbocycles. The number of hydrogen-bond acceptors (Lipinski definition) is 3. The number of likely N-dealkylation sites (tertiary alicyclic amines) is 1. The number of hydrogen-bond donors (Lipinski definition) is 1. The van der Waals surface area contributed by atoms with Gasteiger partial charge in [-0.25, -0.2) is 0 Å². The molecule has 0 bridgehead atoms. The fourth-order valence-electron chi connectivity index (χ4n) is 4.46. The van der Waals surface area contributed by atoms with E-state index in [9.17, 15) is 4.79 Å². The molecule has 148 valence electrons. The van der Waals surface area contributed by atoms with E-state index in [0.717, 1.165) is 58.5 Å². The van der Waals surface area contributed by atoms with Crippen LogP contribution in [0.1, 0.15) is 24.8 Å². The first-order chi connectivity index (χ1) is 13.8. The number of anilines is 1. The van der Waals surface area contributed by atoms with E-state index >= 15 is 0 Å². The second-order valence-electron chi connectivity index (χ2n) is 8.22. The van der Waals surface area contributed by atoms with Gasteiger partial charge in [0.2, 0.25) is 5.91 Å². The standard InChI is InChI=1S/C24H31N3O/c28-24(22-12-14-26(15-13-22)18-20-7-3-1-4-8-20)25-17-21-11-16-27(19-21)23-9-5-2-6-10-23/h1-10,21-22H,11-19H2,(H,25,28)/t21-/m0/s1. The van der Waals surface area contributed by atoms with E-state index in [4.69, 9.17) is 0 Å². The van der Waals surface area contributed by atoms with E-state index < -0.39 is 0 Å². The van der Waals surface area contributed by atoms with Crippen molar-refractivity contribution in [3.8, 4) is 0 Å². The van der Waals surface area contributed by atoms with Crippen LogP contribution in [0.3, 0.4) is 0 Å². The van der Waals surface area contributed by atoms with Crippen molar-refractivity contribution in [3.63, 3.8) is 0 Å². The van der Waals surface area contributed by atoms with Crippen LogP contribution in [0.25, 0.3) is 0 Å². The first-order valence-electron chi connectivity index (χ1n) is 10.6. The molecule has 2 heterocycles. The van der Waals surface area contributed by atoms with Crippen LogP contribution < -0.4 is 10.2 Å². The van der Waals surface area contributed by atoms with Gasteiger partial charge in [-0.3, -0.25) is 9.69 Å². The van der Waals surface area contributed by atoms with Crippen LogP contribution in [0.2, 0.25) is 0 Å². The second-order valence-corrected chi connectivity index (χ2v) is 8.22. The molecule has 2 aliphatic rings. The maximum atomic E-state index is 12.6. The Hall–Kier alpha value is -2.33. The van der Waals surface area contributed by atoms with Gasteiger partial charge >= 0.3 is 0 Å². The molecule has 2 fully saturated rings. The Morgan fingerprint density at radius 3 is 2.29 bits per heavy atom. The highest BCUT2D eigenvalue weighted by molar-refractivity contribution is 5.78. The summed E-state index contributed by atoms with van der Waals surface area (Å²) in [6.45, 7) is 5.96. The summed E-state index contributed by atoms with van der Waals surface area (Å²) in [6.07, 6.45) is 3.10. The van der Waals surface area contributed by atoms with Crippen molar-refractivity contribution in [3.05, 3.63) is 66.2 Å². The van der Waals surface area contributed by atoms with Gasteiger partial charge in [0, 0.05) is 37.8 Å². The summed E-state index contributed by atoms with van der Waals surface area (Å²) in [5.74, 6) is 0.999. The summed E-state index contributed by atoms with van der Waals surface area (Å²) in [7, 11) is 0. The fourth-order valence-corrected chi connectivity index (χ4v) is 4.46. The Balaban J connectivity index is 1.17. The zero-order valence-electron chi connectivity index (χ0n) is 16.6. The summed E-state index contributed by atoms with van der Waals surface area (Å²) in [5.41, 5.74) is 2.65. The average Bonchev–Trinajstić information content (AvgIpc) is 3.23. The summed E-state index contributed by atoms with van der Waals surface area (Å²) in [5, 5.41) is 3.25. The van der Waals surface area contributed by atoms with Crippen molar-refractivity contribution < 1.29 is 4.79 Å². The van der Waals surface area contributed by atoms with E-state index in [2.05, 4.69) is 75.8 Å². The number of carbonyl (C=O) groups is 1. The number of para-hydroxylation sites is 1. The highest BCUT2D eigenvalue weighted by atomic mass is 16.1. The van der Waals surface area contributed by atoms with Gasteiger partial charge in [-0.2, -0.15) is 0 Å². The molecule has 4 nitrogen and oxygen atoms in total. The first-order valence-corrected chi connectivity index (χ1v) is 10.6. The Labute approximate surface area is 168 Å². The lowest BCUT2D eigenvalue weighted by Crippen LogP contribution is -2.41. The third-order valence-corrected chi connectivity index (χ3v) is 6.18. The second kappa shape index (κ2) is 9.24. The Morgan fingerprint density at radius 1 is 0.893 bits per heavy atom. The van der Waals surface area contributed by atoms with Crippen LogP contribution in [0.4, 0.5) is 5.69 Å². The monoisotopic (exact) mass is 377 g/mol. The van der Waals surface area contributed by atoms with Crippen LogP contribution in [0.15, 0.2) is 60.7 Å². The molecule has 2 saturated heterocycles. The third-order valence-electron chi connectivity index (χ3n) is 6.18. The highest BCUT2D eigenvalue weighted by Crippen LogP contribution is 2.24. The van der Waals surface area contributed by atoms with Crippen molar-refractivity contribution in [2.75, 3.05) is 37.6 Å². The molecule has 1 N–H and O–H groups in total. The van der Waals surface area contributed by atoms with E-state index in [1.807, 2.05) is 0 Å². The van der Waals surface area contributed by atoms with Gasteiger partial charge in [-0.05, 0) is 56.0 Å². The number of carbonyl (C=O) groups excluding carboxylic acids is 1. The molecular weight excluding hydrogens is 346 g/mol. The van der Waals surface area contributed by atoms with Gasteiger partial charge in [0.1, 0.15) is 0 Å². The molecule has 1 atom stereocenters. The molecule has 0 saturated carbocycles. The molecule has 0 unspecified atom stereocenters. The van der Waals surface area contributed by atoms with Gasteiger partial charge in [-0.15, -0.1) is 0 Å². The van der Waals surface area contributed by atoms with E-state index in [-0.39, 0.29) is 11.8 Å². The van der Waals surface area contributed by atoms with Crippen molar-refractivity contribution >= 4 is 11.6 Å². The smallest absolute Gasteiger partial charge is 0.223 e. The number of nitrogens with one attached hydrogen (secondary N) is 1. The third kappa shape index (κ3) is 4.93. The van der Waals surface area contributed by atoms with Crippen molar-refractivity contribution in [1.29, 1.82) is 0 Å². The van der Waals surface area contributed by atoms with E-state index in [1.165, 1.54) is 11.3 Å². The molecule has 2 aromatic rings. The quantitative estimate of drug-likeness (QED) is 0.836. The summed E-state index contributed by atoms with van der Waals surface area (Å²) >= 11 is 0. The Morgan fingerprint density at radius 2 is 1.57 bits per heavy atom. The van der Waals surface area contributed by atoms with Gasteiger partial charge < -0.3 is 10.2 Å². The van der Waals surface area contributed by atoms with Gasteiger partial charge in [0.15, 0.2) is 0 Å². The van der Waals surface area contributed by atoms with E-state index in [1.54, 1.807) is 0 Å². The summed E-state index contributed by atoms with van der Waals surface area (Å²) < 4.78 is 0. The van der Waals surface area contributed by atoms with Crippen LogP contribution in [0, 0.1) is 11.8 Å². The topological polar surface area (TPSA) is 35.6 Å². The maximum absolute atomic E-state index is 12.6. The SMILES string of the molecule is O=C(NC[C@@H]1CCN(c2ccccc2)C1)C1CCN(Cc2ccccc2)CC1. The van der Waals surface area contributed by atoms with Crippen molar-refractivity contribution in [2.24, 2.45) is 11.8 Å². The van der Waals surface area contributed by atoms with Gasteiger partial charge in [0.05, 0.1) is 0 Å². The lowest BCUT2D eigenvalue weighted by atomic mass is 9.95. The average molecular weight is 378 g/mol. The Kier molecular flexibility index (Phi) is 6.27. The van der Waals surface area contributed by atoms with Gasteiger partial charge in [-0.1, -0.05) is 48.5 Å². The number of amides is 1. The molecule has 1 amide bonds. The summed E-state index contributed by atoms with van der Waals surface area (Å²) in [4.78, 5) is 17.5. The zero-order valence-corrected chi connectivity index (χ0v) is 16.6. The van der Waals surface area contributed by atoms with Gasteiger partial charge in [0.25, 0.3) is 0 Å². The lowest BCUT2D eigenvalue weighted by Gasteiger charge is -2.31. The van der Waals surface area contributed by atoms with E-state index in [0.29, 0.717) is 5.92 Å². The van der Waals surface area contributed by atoms with Crippen molar-refractivity contribution in [2.45, 2.75) is 25.8 Å². The molecule has 2 aromatic carbocycles.